The third-order valence-corrected chi connectivity index (χ3v) is 6.81. The van der Waals surface area contributed by atoms with Crippen molar-refractivity contribution in [2.75, 3.05) is 6.61 Å². The maximum atomic E-state index is 13.2. The molecule has 0 aromatic heterocycles. The molecule has 2 aromatic carbocycles. The molecule has 0 aliphatic heterocycles. The van der Waals surface area contributed by atoms with E-state index in [1.807, 2.05) is 6.07 Å². The van der Waals surface area contributed by atoms with Crippen LogP contribution in [-0.4, -0.2) is 35.4 Å². The van der Waals surface area contributed by atoms with Crippen LogP contribution in [0.3, 0.4) is 0 Å². The second-order valence-corrected chi connectivity index (χ2v) is 9.59. The summed E-state index contributed by atoms with van der Waals surface area (Å²) in [6, 6.07) is 11.9. The van der Waals surface area contributed by atoms with Crippen molar-refractivity contribution in [3.05, 3.63) is 63.1 Å². The van der Waals surface area contributed by atoms with Crippen LogP contribution in [0.1, 0.15) is 51.0 Å². The van der Waals surface area contributed by atoms with E-state index in [0.29, 0.717) is 33.8 Å². The Morgan fingerprint density at radius 1 is 1.06 bits per heavy atom. The number of nitrogens with one attached hydrogen (secondary N) is 1. The van der Waals surface area contributed by atoms with Gasteiger partial charge in [-0.15, -0.1) is 0 Å². The summed E-state index contributed by atoms with van der Waals surface area (Å²) in [6.45, 7) is 2.42. The van der Waals surface area contributed by atoms with Crippen LogP contribution in [0.4, 0.5) is 0 Å². The first kappa shape index (κ1) is 25.7. The summed E-state index contributed by atoms with van der Waals surface area (Å²) in [5.41, 5.74) is 0.815. The van der Waals surface area contributed by atoms with Crippen molar-refractivity contribution >= 4 is 46.6 Å². The number of hydrogen-bond acceptors (Lipinski definition) is 3. The minimum atomic E-state index is -0.607. The molecule has 1 aliphatic rings. The van der Waals surface area contributed by atoms with Crippen molar-refractivity contribution in [2.24, 2.45) is 0 Å². The SMILES string of the molecule is CC(C(=O)NC1CCCC1)N(Cc1ccc(Cl)c(Cl)c1)C(=O)CCCOc1ccc(Cl)cc1. The van der Waals surface area contributed by atoms with Crippen LogP contribution in [-0.2, 0) is 16.1 Å². The predicted molar refractivity (Wildman–Crippen MR) is 133 cm³/mol. The Hall–Kier alpha value is -1.95. The molecule has 5 nitrogen and oxygen atoms in total. The Kier molecular flexibility index (Phi) is 9.72. The summed E-state index contributed by atoms with van der Waals surface area (Å²) in [5.74, 6) is 0.450. The number of ether oxygens (including phenoxy) is 1. The second-order valence-electron chi connectivity index (χ2n) is 8.34. The molecule has 1 aliphatic carbocycles. The lowest BCUT2D eigenvalue weighted by molar-refractivity contribution is -0.141. The average Bonchev–Trinajstić information content (AvgIpc) is 3.31. The van der Waals surface area contributed by atoms with Gasteiger partial charge in [-0.2, -0.15) is 0 Å². The standard InChI is InChI=1S/C25H29Cl3N2O3/c1-17(25(32)29-20-5-2-3-6-20)30(16-18-8-13-22(27)23(28)15-18)24(31)7-4-14-33-21-11-9-19(26)10-12-21/h8-13,15,17,20H,2-7,14,16H2,1H3,(H,29,32). The molecule has 0 heterocycles. The topological polar surface area (TPSA) is 58.6 Å². The van der Waals surface area contributed by atoms with E-state index in [1.54, 1.807) is 48.2 Å². The lowest BCUT2D eigenvalue weighted by atomic mass is 10.1. The van der Waals surface area contributed by atoms with Crippen LogP contribution in [0.5, 0.6) is 5.75 Å². The minimum absolute atomic E-state index is 0.116. The summed E-state index contributed by atoms with van der Waals surface area (Å²) in [5, 5.41) is 4.60. The molecule has 1 saturated carbocycles. The van der Waals surface area contributed by atoms with Crippen molar-refractivity contribution in [3.8, 4) is 5.75 Å². The van der Waals surface area contributed by atoms with Gasteiger partial charge in [0.15, 0.2) is 0 Å². The highest BCUT2D eigenvalue weighted by Crippen LogP contribution is 2.24. The second kappa shape index (κ2) is 12.5. The molecule has 1 unspecified atom stereocenters. The zero-order valence-electron chi connectivity index (χ0n) is 18.7. The fourth-order valence-corrected chi connectivity index (χ4v) is 4.34. The maximum Gasteiger partial charge on any atom is 0.242 e. The summed E-state index contributed by atoms with van der Waals surface area (Å²) < 4.78 is 5.69. The largest absolute Gasteiger partial charge is 0.494 e. The number of nitrogens with zero attached hydrogens (tertiary/aromatic N) is 1. The maximum absolute atomic E-state index is 13.2. The van der Waals surface area contributed by atoms with Gasteiger partial charge >= 0.3 is 0 Å². The van der Waals surface area contributed by atoms with E-state index in [4.69, 9.17) is 39.5 Å². The zero-order valence-corrected chi connectivity index (χ0v) is 20.9. The summed E-state index contributed by atoms with van der Waals surface area (Å²) >= 11 is 18.1. The molecule has 0 radical (unpaired) electrons. The lowest BCUT2D eigenvalue weighted by Gasteiger charge is -2.30. The van der Waals surface area contributed by atoms with Gasteiger partial charge in [-0.25, -0.2) is 0 Å². The van der Waals surface area contributed by atoms with Crippen molar-refractivity contribution in [2.45, 2.75) is 64.1 Å². The van der Waals surface area contributed by atoms with E-state index in [9.17, 15) is 9.59 Å². The van der Waals surface area contributed by atoms with Gasteiger partial charge in [0.2, 0.25) is 11.8 Å². The van der Waals surface area contributed by atoms with E-state index in [0.717, 1.165) is 31.2 Å². The number of amides is 2. The Labute approximate surface area is 210 Å². The minimum Gasteiger partial charge on any atom is -0.494 e. The molecule has 1 atom stereocenters. The van der Waals surface area contributed by atoms with Crippen molar-refractivity contribution < 1.29 is 14.3 Å². The summed E-state index contributed by atoms with van der Waals surface area (Å²) in [4.78, 5) is 27.7. The third-order valence-electron chi connectivity index (χ3n) is 5.82. The highest BCUT2D eigenvalue weighted by atomic mass is 35.5. The molecule has 8 heteroatoms. The highest BCUT2D eigenvalue weighted by molar-refractivity contribution is 6.42. The van der Waals surface area contributed by atoms with Gasteiger partial charge in [0, 0.05) is 24.0 Å². The monoisotopic (exact) mass is 510 g/mol. The number of halogens is 3. The van der Waals surface area contributed by atoms with Gasteiger partial charge in [0.25, 0.3) is 0 Å². The highest BCUT2D eigenvalue weighted by Gasteiger charge is 2.28. The fourth-order valence-electron chi connectivity index (χ4n) is 3.90. The van der Waals surface area contributed by atoms with Crippen LogP contribution < -0.4 is 10.1 Å². The van der Waals surface area contributed by atoms with Gasteiger partial charge in [-0.1, -0.05) is 53.7 Å². The molecule has 33 heavy (non-hydrogen) atoms. The van der Waals surface area contributed by atoms with Crippen LogP contribution in [0.2, 0.25) is 15.1 Å². The Morgan fingerprint density at radius 3 is 2.42 bits per heavy atom. The van der Waals surface area contributed by atoms with Gasteiger partial charge in [-0.3, -0.25) is 9.59 Å². The summed E-state index contributed by atoms with van der Waals surface area (Å²) in [6.07, 6.45) is 5.01. The molecule has 2 aromatic rings. The van der Waals surface area contributed by atoms with Crippen LogP contribution in [0.25, 0.3) is 0 Å². The first-order valence-electron chi connectivity index (χ1n) is 11.3. The van der Waals surface area contributed by atoms with E-state index in [1.165, 1.54) is 0 Å². The molecule has 178 valence electrons. The van der Waals surface area contributed by atoms with Crippen molar-refractivity contribution in [1.82, 2.24) is 10.2 Å². The van der Waals surface area contributed by atoms with E-state index < -0.39 is 6.04 Å². The normalized spacial score (nSPS) is 14.7. The first-order valence-corrected chi connectivity index (χ1v) is 12.4. The molecule has 0 saturated heterocycles. The molecule has 2 amide bonds. The fraction of sp³-hybridized carbons (Fsp3) is 0.440. The first-order chi connectivity index (χ1) is 15.8. The Bertz CT molecular complexity index is 946. The van der Waals surface area contributed by atoms with Crippen molar-refractivity contribution in [1.29, 1.82) is 0 Å². The summed E-state index contributed by atoms with van der Waals surface area (Å²) in [7, 11) is 0. The number of benzene rings is 2. The van der Waals surface area contributed by atoms with Gasteiger partial charge in [-0.05, 0) is 68.1 Å². The van der Waals surface area contributed by atoms with Gasteiger partial charge in [0.05, 0.1) is 16.7 Å². The smallest absolute Gasteiger partial charge is 0.242 e. The number of carbonyl (C=O) groups excluding carboxylic acids is 2. The van der Waals surface area contributed by atoms with Gasteiger partial charge in [0.1, 0.15) is 11.8 Å². The van der Waals surface area contributed by atoms with Crippen molar-refractivity contribution in [3.63, 3.8) is 0 Å². The Morgan fingerprint density at radius 2 is 1.76 bits per heavy atom. The average molecular weight is 512 g/mol. The molecule has 0 spiro atoms. The molecule has 0 bridgehead atoms. The van der Waals surface area contributed by atoms with Crippen LogP contribution in [0, 0.1) is 0 Å². The molecular formula is C25H29Cl3N2O3. The van der Waals surface area contributed by atoms with E-state index >= 15 is 0 Å². The predicted octanol–water partition coefficient (Wildman–Crippen LogP) is 6.28. The zero-order chi connectivity index (χ0) is 23.8. The molecule has 3 rings (SSSR count). The Balaban J connectivity index is 1.62. The number of carbonyl (C=O) groups is 2. The molecule has 1 N–H and O–H groups in total. The molecular weight excluding hydrogens is 483 g/mol. The van der Waals surface area contributed by atoms with Crippen LogP contribution >= 0.6 is 34.8 Å². The number of hydrogen-bond donors (Lipinski definition) is 1. The quantitative estimate of drug-likeness (QED) is 0.382. The molecule has 1 fully saturated rings. The lowest BCUT2D eigenvalue weighted by Crippen LogP contribution is -2.49. The van der Waals surface area contributed by atoms with E-state index in [2.05, 4.69) is 5.32 Å². The van der Waals surface area contributed by atoms with Gasteiger partial charge < -0.3 is 15.0 Å². The third kappa shape index (κ3) is 7.80. The van der Waals surface area contributed by atoms with E-state index in [-0.39, 0.29) is 30.8 Å². The number of rotatable bonds is 10. The van der Waals surface area contributed by atoms with Crippen LogP contribution in [0.15, 0.2) is 42.5 Å².